The van der Waals surface area contributed by atoms with Crippen LogP contribution in [0.2, 0.25) is 10.0 Å². The van der Waals surface area contributed by atoms with Crippen molar-refractivity contribution in [1.82, 2.24) is 0 Å². The zero-order valence-corrected chi connectivity index (χ0v) is 15.0. The van der Waals surface area contributed by atoms with E-state index >= 15 is 0 Å². The van der Waals surface area contributed by atoms with Crippen LogP contribution in [0, 0.1) is 0 Å². The van der Waals surface area contributed by atoms with Crippen LogP contribution in [0.1, 0.15) is 17.2 Å². The number of benzene rings is 2. The molecule has 1 unspecified atom stereocenters. The third kappa shape index (κ3) is 3.49. The van der Waals surface area contributed by atoms with E-state index in [0.717, 1.165) is 4.47 Å². The molecule has 20 heavy (non-hydrogen) atoms. The van der Waals surface area contributed by atoms with Crippen LogP contribution in [0.5, 0.6) is 5.75 Å². The van der Waals surface area contributed by atoms with Gasteiger partial charge < -0.3 is 9.84 Å². The van der Waals surface area contributed by atoms with Crippen molar-refractivity contribution in [2.75, 3.05) is 7.11 Å². The Morgan fingerprint density at radius 1 is 1.05 bits per heavy atom. The maximum absolute atomic E-state index is 10.6. The second-order valence-electron chi connectivity index (χ2n) is 4.12. The lowest BCUT2D eigenvalue weighted by molar-refractivity contribution is 0.214. The number of hydrogen-bond acceptors (Lipinski definition) is 2. The van der Waals surface area contributed by atoms with Crippen molar-refractivity contribution in [2.45, 2.75) is 6.10 Å². The van der Waals surface area contributed by atoms with E-state index in [1.807, 2.05) is 0 Å². The Morgan fingerprint density at radius 2 is 1.70 bits per heavy atom. The molecule has 0 aliphatic rings. The quantitative estimate of drug-likeness (QED) is 0.672. The van der Waals surface area contributed by atoms with Crippen LogP contribution in [-0.4, -0.2) is 12.2 Å². The first kappa shape index (κ1) is 16.1. The molecule has 0 amide bonds. The molecule has 0 aliphatic carbocycles. The molecule has 0 aromatic heterocycles. The lowest BCUT2D eigenvalue weighted by Gasteiger charge is -2.17. The van der Waals surface area contributed by atoms with Gasteiger partial charge in [0.25, 0.3) is 0 Å². The van der Waals surface area contributed by atoms with E-state index in [-0.39, 0.29) is 0 Å². The lowest BCUT2D eigenvalue weighted by Crippen LogP contribution is -2.03. The topological polar surface area (TPSA) is 29.5 Å². The Balaban J connectivity index is 2.55. The van der Waals surface area contributed by atoms with Gasteiger partial charge in [0.15, 0.2) is 0 Å². The summed E-state index contributed by atoms with van der Waals surface area (Å²) in [6.45, 7) is 0. The fourth-order valence-electron chi connectivity index (χ4n) is 1.91. The molecule has 0 radical (unpaired) electrons. The number of ether oxygens (including phenoxy) is 1. The van der Waals surface area contributed by atoms with E-state index < -0.39 is 6.10 Å². The van der Waals surface area contributed by atoms with Gasteiger partial charge in [0.2, 0.25) is 0 Å². The summed E-state index contributed by atoms with van der Waals surface area (Å²) in [6.07, 6.45) is -0.894. The third-order valence-electron chi connectivity index (χ3n) is 2.74. The van der Waals surface area contributed by atoms with Gasteiger partial charge in [-0.2, -0.15) is 0 Å². The highest BCUT2D eigenvalue weighted by molar-refractivity contribution is 9.10. The fraction of sp³-hybridized carbons (Fsp3) is 0.143. The molecule has 106 valence electrons. The first-order valence-corrected chi connectivity index (χ1v) is 7.93. The van der Waals surface area contributed by atoms with Gasteiger partial charge in [-0.15, -0.1) is 0 Å². The van der Waals surface area contributed by atoms with Crippen molar-refractivity contribution in [2.24, 2.45) is 0 Å². The summed E-state index contributed by atoms with van der Waals surface area (Å²) in [5.74, 6) is 0.540. The van der Waals surface area contributed by atoms with Crippen LogP contribution in [0.4, 0.5) is 0 Å². The van der Waals surface area contributed by atoms with Crippen LogP contribution in [0.15, 0.2) is 39.3 Å². The summed E-state index contributed by atoms with van der Waals surface area (Å²) in [7, 11) is 1.54. The first-order valence-electron chi connectivity index (χ1n) is 5.59. The largest absolute Gasteiger partial charge is 0.495 e. The molecule has 0 heterocycles. The molecule has 0 spiro atoms. The SMILES string of the molecule is COc1c(Br)cc(Cl)cc1C(O)c1cc(Cl)cc(Br)c1. The Morgan fingerprint density at radius 3 is 2.30 bits per heavy atom. The summed E-state index contributed by atoms with van der Waals surface area (Å²) in [5.41, 5.74) is 1.22. The molecular formula is C14H10Br2Cl2O2. The zero-order valence-electron chi connectivity index (χ0n) is 10.3. The molecule has 2 nitrogen and oxygen atoms in total. The van der Waals surface area contributed by atoms with E-state index in [1.165, 1.54) is 7.11 Å². The van der Waals surface area contributed by atoms with Crippen LogP contribution in [0.3, 0.4) is 0 Å². The maximum atomic E-state index is 10.6. The van der Waals surface area contributed by atoms with Gasteiger partial charge in [-0.3, -0.25) is 0 Å². The van der Waals surface area contributed by atoms with Crippen LogP contribution < -0.4 is 4.74 Å². The van der Waals surface area contributed by atoms with Crippen molar-refractivity contribution in [3.8, 4) is 5.75 Å². The summed E-state index contributed by atoms with van der Waals surface area (Å²) >= 11 is 18.8. The smallest absolute Gasteiger partial charge is 0.139 e. The van der Waals surface area contributed by atoms with Gasteiger partial charge >= 0.3 is 0 Å². The molecule has 0 aliphatic heterocycles. The second-order valence-corrected chi connectivity index (χ2v) is 6.76. The van der Waals surface area contributed by atoms with E-state index in [0.29, 0.717) is 31.4 Å². The minimum atomic E-state index is -0.894. The van der Waals surface area contributed by atoms with Crippen molar-refractivity contribution >= 4 is 55.1 Å². The predicted molar refractivity (Wildman–Crippen MR) is 88.9 cm³/mol. The van der Waals surface area contributed by atoms with E-state index in [4.69, 9.17) is 27.9 Å². The highest BCUT2D eigenvalue weighted by atomic mass is 79.9. The fourth-order valence-corrected chi connectivity index (χ4v) is 3.79. The average Bonchev–Trinajstić information content (AvgIpc) is 2.35. The Hall–Kier alpha value is -0.260. The second kappa shape index (κ2) is 6.67. The Kier molecular flexibility index (Phi) is 5.37. The molecule has 2 aromatic rings. The number of aliphatic hydroxyl groups excluding tert-OH is 1. The molecular weight excluding hydrogens is 431 g/mol. The number of aliphatic hydroxyl groups is 1. The van der Waals surface area contributed by atoms with Gasteiger partial charge in [-0.1, -0.05) is 39.1 Å². The first-order chi connectivity index (χ1) is 9.42. The summed E-state index contributed by atoms with van der Waals surface area (Å²) in [6, 6.07) is 8.63. The predicted octanol–water partition coefficient (Wildman–Crippen LogP) is 5.61. The van der Waals surface area contributed by atoms with Gasteiger partial charge in [0.05, 0.1) is 11.6 Å². The van der Waals surface area contributed by atoms with E-state index in [9.17, 15) is 5.11 Å². The van der Waals surface area contributed by atoms with Gasteiger partial charge in [0.1, 0.15) is 11.9 Å². The highest BCUT2D eigenvalue weighted by Gasteiger charge is 2.19. The third-order valence-corrected chi connectivity index (χ3v) is 4.22. The van der Waals surface area contributed by atoms with E-state index in [1.54, 1.807) is 30.3 Å². The van der Waals surface area contributed by atoms with Gasteiger partial charge in [-0.25, -0.2) is 0 Å². The number of hydrogen-bond donors (Lipinski definition) is 1. The van der Waals surface area contributed by atoms with Crippen molar-refractivity contribution in [3.05, 3.63) is 60.4 Å². The molecule has 1 atom stereocenters. The molecule has 1 N–H and O–H groups in total. The number of rotatable bonds is 3. The monoisotopic (exact) mass is 438 g/mol. The van der Waals surface area contributed by atoms with E-state index in [2.05, 4.69) is 31.9 Å². The van der Waals surface area contributed by atoms with Crippen molar-refractivity contribution in [3.63, 3.8) is 0 Å². The average molecular weight is 441 g/mol. The molecule has 0 saturated carbocycles. The normalized spacial score (nSPS) is 12.3. The van der Waals surface area contributed by atoms with Crippen LogP contribution >= 0.6 is 55.1 Å². The van der Waals surface area contributed by atoms with Crippen molar-refractivity contribution in [1.29, 1.82) is 0 Å². The van der Waals surface area contributed by atoms with Crippen molar-refractivity contribution < 1.29 is 9.84 Å². The Bertz CT molecular complexity index is 627. The van der Waals surface area contributed by atoms with Crippen LogP contribution in [0.25, 0.3) is 0 Å². The number of halogens is 4. The summed E-state index contributed by atoms with van der Waals surface area (Å²) in [4.78, 5) is 0. The molecule has 0 bridgehead atoms. The molecule has 0 fully saturated rings. The zero-order chi connectivity index (χ0) is 14.9. The number of methoxy groups -OCH3 is 1. The van der Waals surface area contributed by atoms with Gasteiger partial charge in [-0.05, 0) is 51.8 Å². The summed E-state index contributed by atoms with van der Waals surface area (Å²) < 4.78 is 6.80. The maximum Gasteiger partial charge on any atom is 0.139 e. The minimum Gasteiger partial charge on any atom is -0.495 e. The minimum absolute atomic E-state index is 0.507. The molecule has 2 rings (SSSR count). The molecule has 2 aromatic carbocycles. The standard InChI is InChI=1S/C14H10Br2Cl2O2/c1-20-14-11(5-10(18)6-12(14)16)13(19)7-2-8(15)4-9(17)3-7/h2-6,13,19H,1H3. The molecule has 0 saturated heterocycles. The highest BCUT2D eigenvalue weighted by Crippen LogP contribution is 2.39. The summed E-state index contributed by atoms with van der Waals surface area (Å²) in [5, 5.41) is 11.6. The van der Waals surface area contributed by atoms with Crippen LogP contribution in [-0.2, 0) is 0 Å². The lowest BCUT2D eigenvalue weighted by atomic mass is 10.0. The molecule has 6 heteroatoms. The Labute approximate surface area is 143 Å². The van der Waals surface area contributed by atoms with Gasteiger partial charge in [0, 0.05) is 20.1 Å².